The van der Waals surface area contributed by atoms with Gasteiger partial charge in [-0.05, 0) is 48.7 Å². The molecule has 2 aromatic carbocycles. The molecule has 1 heterocycles. The summed E-state index contributed by atoms with van der Waals surface area (Å²) >= 11 is 0. The zero-order valence-electron chi connectivity index (χ0n) is 13.1. The van der Waals surface area contributed by atoms with E-state index in [0.717, 1.165) is 23.8 Å². The third-order valence-corrected chi connectivity index (χ3v) is 6.11. The van der Waals surface area contributed by atoms with Gasteiger partial charge in [0.1, 0.15) is 5.75 Å². The van der Waals surface area contributed by atoms with Crippen LogP contribution in [0.5, 0.6) is 5.75 Å². The number of ether oxygens (including phenoxy) is 1. The van der Waals surface area contributed by atoms with Crippen LogP contribution in [0.2, 0.25) is 0 Å². The van der Waals surface area contributed by atoms with E-state index in [1.54, 1.807) is 19.2 Å². The van der Waals surface area contributed by atoms with Gasteiger partial charge in [-0.3, -0.25) is 0 Å². The van der Waals surface area contributed by atoms with Gasteiger partial charge in [-0.2, -0.15) is 4.31 Å². The Morgan fingerprint density at radius 1 is 1.08 bits per heavy atom. The van der Waals surface area contributed by atoms with E-state index in [-0.39, 0.29) is 10.9 Å². The zero-order valence-corrected chi connectivity index (χ0v) is 13.9. The minimum atomic E-state index is -3.90. The smallest absolute Gasteiger partial charge is 0.243 e. The average molecular weight is 353 g/mol. The highest BCUT2D eigenvalue weighted by molar-refractivity contribution is 7.89. The molecule has 2 aromatic rings. The van der Waals surface area contributed by atoms with Crippen LogP contribution >= 0.6 is 0 Å². The van der Waals surface area contributed by atoms with Crippen molar-refractivity contribution in [2.75, 3.05) is 13.7 Å². The summed E-state index contributed by atoms with van der Waals surface area (Å²) in [6.07, 6.45) is 1.38. The van der Waals surface area contributed by atoms with E-state index < -0.39 is 21.7 Å². The molecule has 0 radical (unpaired) electrons. The van der Waals surface area contributed by atoms with Gasteiger partial charge in [-0.15, -0.1) is 0 Å². The Morgan fingerprint density at radius 2 is 1.79 bits per heavy atom. The number of sulfonamides is 1. The lowest BCUT2D eigenvalue weighted by molar-refractivity contribution is 0.394. The van der Waals surface area contributed by atoms with Crippen LogP contribution in [0.15, 0.2) is 47.4 Å². The Morgan fingerprint density at radius 3 is 2.42 bits per heavy atom. The van der Waals surface area contributed by atoms with E-state index in [0.29, 0.717) is 25.1 Å². The summed E-state index contributed by atoms with van der Waals surface area (Å²) in [7, 11) is -2.34. The summed E-state index contributed by atoms with van der Waals surface area (Å²) in [5.74, 6) is -1.55. The summed E-state index contributed by atoms with van der Waals surface area (Å²) in [5, 5.41) is 0. The lowest BCUT2D eigenvalue weighted by Crippen LogP contribution is -2.30. The molecule has 0 spiro atoms. The first-order valence-electron chi connectivity index (χ1n) is 7.54. The number of halogens is 2. The van der Waals surface area contributed by atoms with Crippen molar-refractivity contribution >= 4 is 10.0 Å². The Kier molecular flexibility index (Phi) is 4.56. The van der Waals surface area contributed by atoms with Crippen LogP contribution in [0.25, 0.3) is 0 Å². The maximum Gasteiger partial charge on any atom is 0.243 e. The Labute approximate surface area is 139 Å². The highest BCUT2D eigenvalue weighted by Gasteiger charge is 2.36. The van der Waals surface area contributed by atoms with Gasteiger partial charge in [-0.1, -0.05) is 12.1 Å². The summed E-state index contributed by atoms with van der Waals surface area (Å²) in [6, 6.07) is 9.53. The molecule has 0 aromatic heterocycles. The third kappa shape index (κ3) is 3.01. The topological polar surface area (TPSA) is 46.6 Å². The summed E-state index contributed by atoms with van der Waals surface area (Å²) in [5.41, 5.74) is 0.847. The summed E-state index contributed by atoms with van der Waals surface area (Å²) in [6.45, 7) is 0.345. The molecule has 7 heteroatoms. The van der Waals surface area contributed by atoms with Crippen LogP contribution in [0.3, 0.4) is 0 Å². The first-order valence-corrected chi connectivity index (χ1v) is 8.98. The van der Waals surface area contributed by atoms with E-state index in [9.17, 15) is 17.2 Å². The van der Waals surface area contributed by atoms with Gasteiger partial charge in [0, 0.05) is 6.54 Å². The van der Waals surface area contributed by atoms with Gasteiger partial charge in [0.15, 0.2) is 11.6 Å². The van der Waals surface area contributed by atoms with Crippen LogP contribution in [0.1, 0.15) is 24.4 Å². The number of methoxy groups -OCH3 is 1. The van der Waals surface area contributed by atoms with Gasteiger partial charge < -0.3 is 4.74 Å². The molecule has 128 valence electrons. The van der Waals surface area contributed by atoms with Crippen molar-refractivity contribution in [3.8, 4) is 5.75 Å². The summed E-state index contributed by atoms with van der Waals surface area (Å²) < 4.78 is 58.6. The molecule has 0 amide bonds. The van der Waals surface area contributed by atoms with Crippen molar-refractivity contribution in [3.05, 3.63) is 59.7 Å². The number of hydrogen-bond donors (Lipinski definition) is 0. The van der Waals surface area contributed by atoms with Gasteiger partial charge >= 0.3 is 0 Å². The van der Waals surface area contributed by atoms with E-state index in [2.05, 4.69) is 0 Å². The predicted octanol–water partition coefficient (Wildman–Crippen LogP) is 3.50. The van der Waals surface area contributed by atoms with Crippen LogP contribution < -0.4 is 4.74 Å². The molecule has 1 aliphatic rings. The molecular weight excluding hydrogens is 336 g/mol. The van der Waals surface area contributed by atoms with Crippen LogP contribution in [0.4, 0.5) is 8.78 Å². The SMILES string of the molecule is COc1ccc(C2CCCN2S(=O)(=O)c2ccc(F)c(F)c2)cc1. The fraction of sp³-hybridized carbons (Fsp3) is 0.294. The molecule has 4 nitrogen and oxygen atoms in total. The fourth-order valence-electron chi connectivity index (χ4n) is 2.96. The van der Waals surface area contributed by atoms with Crippen molar-refractivity contribution in [1.82, 2.24) is 4.31 Å². The molecule has 0 N–H and O–H groups in total. The standard InChI is InChI=1S/C17H17F2NO3S/c1-23-13-6-4-12(5-7-13)17-3-2-10-20(17)24(21,22)14-8-9-15(18)16(19)11-14/h4-9,11,17H,2-3,10H2,1H3. The largest absolute Gasteiger partial charge is 0.497 e. The first kappa shape index (κ1) is 16.9. The van der Waals surface area contributed by atoms with Crippen molar-refractivity contribution in [2.24, 2.45) is 0 Å². The Hall–Kier alpha value is -1.99. The molecule has 24 heavy (non-hydrogen) atoms. The lowest BCUT2D eigenvalue weighted by atomic mass is 10.1. The number of nitrogens with zero attached hydrogens (tertiary/aromatic N) is 1. The molecular formula is C17H17F2NO3S. The minimum Gasteiger partial charge on any atom is -0.497 e. The van der Waals surface area contributed by atoms with Crippen LogP contribution in [-0.4, -0.2) is 26.4 Å². The molecule has 1 aliphatic heterocycles. The third-order valence-electron chi connectivity index (χ3n) is 4.20. The average Bonchev–Trinajstić information content (AvgIpc) is 3.08. The Balaban J connectivity index is 1.94. The molecule has 1 fully saturated rings. The molecule has 1 atom stereocenters. The van der Waals surface area contributed by atoms with Crippen molar-refractivity contribution in [1.29, 1.82) is 0 Å². The van der Waals surface area contributed by atoms with E-state index in [4.69, 9.17) is 4.74 Å². The van der Waals surface area contributed by atoms with Gasteiger partial charge in [0.05, 0.1) is 18.0 Å². The second kappa shape index (κ2) is 6.49. The van der Waals surface area contributed by atoms with E-state index >= 15 is 0 Å². The monoisotopic (exact) mass is 353 g/mol. The van der Waals surface area contributed by atoms with Crippen molar-refractivity contribution in [2.45, 2.75) is 23.8 Å². The molecule has 3 rings (SSSR count). The fourth-order valence-corrected chi connectivity index (χ4v) is 4.65. The molecule has 0 bridgehead atoms. The first-order chi connectivity index (χ1) is 11.4. The molecule has 0 aliphatic carbocycles. The summed E-state index contributed by atoms with van der Waals surface area (Å²) in [4.78, 5) is -0.234. The number of benzene rings is 2. The maximum absolute atomic E-state index is 13.4. The van der Waals surface area contributed by atoms with Gasteiger partial charge in [0.25, 0.3) is 0 Å². The van der Waals surface area contributed by atoms with Crippen LogP contribution in [0, 0.1) is 11.6 Å². The molecule has 1 unspecified atom stereocenters. The van der Waals surface area contributed by atoms with E-state index in [1.165, 1.54) is 4.31 Å². The van der Waals surface area contributed by atoms with Crippen molar-refractivity contribution in [3.63, 3.8) is 0 Å². The normalized spacial score (nSPS) is 18.7. The zero-order chi connectivity index (χ0) is 17.3. The van der Waals surface area contributed by atoms with Gasteiger partial charge in [0.2, 0.25) is 10.0 Å². The highest BCUT2D eigenvalue weighted by Crippen LogP contribution is 2.37. The van der Waals surface area contributed by atoms with Crippen LogP contribution in [-0.2, 0) is 10.0 Å². The van der Waals surface area contributed by atoms with Gasteiger partial charge in [-0.25, -0.2) is 17.2 Å². The lowest BCUT2D eigenvalue weighted by Gasteiger charge is -2.24. The quantitative estimate of drug-likeness (QED) is 0.845. The second-order valence-electron chi connectivity index (χ2n) is 5.62. The number of hydrogen-bond acceptors (Lipinski definition) is 3. The van der Waals surface area contributed by atoms with Crippen molar-refractivity contribution < 1.29 is 21.9 Å². The number of rotatable bonds is 4. The highest BCUT2D eigenvalue weighted by atomic mass is 32.2. The Bertz CT molecular complexity index is 837. The minimum absolute atomic E-state index is 0.234. The second-order valence-corrected chi connectivity index (χ2v) is 7.51. The maximum atomic E-state index is 13.4. The molecule has 0 saturated carbocycles. The molecule has 1 saturated heterocycles. The predicted molar refractivity (Wildman–Crippen MR) is 85.2 cm³/mol. The van der Waals surface area contributed by atoms with E-state index in [1.807, 2.05) is 12.1 Å².